The third kappa shape index (κ3) is 3.48. The van der Waals surface area contributed by atoms with E-state index in [1.165, 1.54) is 11.1 Å². The van der Waals surface area contributed by atoms with Crippen LogP contribution in [0.1, 0.15) is 53.9 Å². The van der Waals surface area contributed by atoms with Gasteiger partial charge in [-0.15, -0.1) is 0 Å². The van der Waals surface area contributed by atoms with E-state index in [4.69, 9.17) is 4.98 Å². The van der Waals surface area contributed by atoms with Gasteiger partial charge in [-0.05, 0) is 48.6 Å². The van der Waals surface area contributed by atoms with Crippen molar-refractivity contribution in [3.63, 3.8) is 0 Å². The zero-order chi connectivity index (χ0) is 19.7. The molecule has 1 N–H and O–H groups in total. The Labute approximate surface area is 165 Å². The van der Waals surface area contributed by atoms with E-state index in [-0.39, 0.29) is 6.04 Å². The Morgan fingerprint density at radius 3 is 2.43 bits per heavy atom. The van der Waals surface area contributed by atoms with Crippen LogP contribution >= 0.6 is 0 Å². The minimum Gasteiger partial charge on any atom is -0.359 e. The molecule has 4 aromatic rings. The van der Waals surface area contributed by atoms with Gasteiger partial charge in [-0.3, -0.25) is 4.98 Å². The van der Waals surface area contributed by atoms with Gasteiger partial charge < -0.3 is 5.32 Å². The summed E-state index contributed by atoms with van der Waals surface area (Å²) in [6.07, 6.45) is 3.67. The summed E-state index contributed by atoms with van der Waals surface area (Å²) in [5.74, 6) is 1.27. The summed E-state index contributed by atoms with van der Waals surface area (Å²) in [7, 11) is 0. The van der Waals surface area contributed by atoms with Gasteiger partial charge in [0.15, 0.2) is 5.65 Å². The van der Waals surface area contributed by atoms with Crippen LogP contribution < -0.4 is 5.32 Å². The summed E-state index contributed by atoms with van der Waals surface area (Å²) in [4.78, 5) is 8.96. The lowest BCUT2D eigenvalue weighted by molar-refractivity contribution is 0.799. The van der Waals surface area contributed by atoms with Gasteiger partial charge in [0.05, 0.1) is 11.7 Å². The highest BCUT2D eigenvalue weighted by molar-refractivity contribution is 5.54. The average molecular weight is 371 g/mol. The van der Waals surface area contributed by atoms with Crippen LogP contribution in [0, 0.1) is 13.8 Å². The minimum atomic E-state index is -0.0145. The van der Waals surface area contributed by atoms with E-state index in [1.807, 2.05) is 29.9 Å². The maximum atomic E-state index is 4.78. The second-order valence-electron chi connectivity index (χ2n) is 7.49. The third-order valence-electron chi connectivity index (χ3n) is 4.99. The summed E-state index contributed by atoms with van der Waals surface area (Å²) in [6.45, 7) is 8.46. The highest BCUT2D eigenvalue weighted by atomic mass is 15.3. The number of rotatable bonds is 5. The van der Waals surface area contributed by atoms with Crippen molar-refractivity contribution in [2.75, 3.05) is 5.32 Å². The Hall–Kier alpha value is -3.21. The summed E-state index contributed by atoms with van der Waals surface area (Å²) in [5, 5.41) is 8.39. The van der Waals surface area contributed by atoms with Crippen LogP contribution in [0.3, 0.4) is 0 Å². The molecule has 0 radical (unpaired) electrons. The monoisotopic (exact) mass is 371 g/mol. The zero-order valence-electron chi connectivity index (χ0n) is 16.7. The molecule has 28 heavy (non-hydrogen) atoms. The predicted octanol–water partition coefficient (Wildman–Crippen LogP) is 5.07. The van der Waals surface area contributed by atoms with Crippen LogP contribution in [-0.4, -0.2) is 19.6 Å². The number of hydrogen-bond donors (Lipinski definition) is 1. The molecule has 4 rings (SSSR count). The molecule has 1 atom stereocenters. The molecule has 0 aliphatic carbocycles. The second kappa shape index (κ2) is 7.43. The summed E-state index contributed by atoms with van der Waals surface area (Å²) in [5.41, 5.74) is 6.49. The van der Waals surface area contributed by atoms with Crippen molar-refractivity contribution in [1.29, 1.82) is 0 Å². The first-order chi connectivity index (χ1) is 13.5. The quantitative estimate of drug-likeness (QED) is 0.532. The Kier molecular flexibility index (Phi) is 4.82. The molecule has 142 valence electrons. The van der Waals surface area contributed by atoms with Crippen LogP contribution in [0.4, 0.5) is 5.82 Å². The van der Waals surface area contributed by atoms with Gasteiger partial charge in [0.2, 0.25) is 0 Å². The van der Waals surface area contributed by atoms with Crippen LogP contribution in [0.25, 0.3) is 5.65 Å². The van der Waals surface area contributed by atoms with Crippen molar-refractivity contribution in [3.05, 3.63) is 89.0 Å². The molecular weight excluding hydrogens is 346 g/mol. The first-order valence-electron chi connectivity index (χ1n) is 9.62. The number of nitrogens with zero attached hydrogens (tertiary/aromatic N) is 4. The second-order valence-corrected chi connectivity index (χ2v) is 7.49. The smallest absolute Gasteiger partial charge is 0.157 e. The number of benzene rings is 1. The molecule has 0 saturated carbocycles. The van der Waals surface area contributed by atoms with Crippen molar-refractivity contribution in [3.8, 4) is 0 Å². The first kappa shape index (κ1) is 18.2. The van der Waals surface area contributed by atoms with Gasteiger partial charge in [0.25, 0.3) is 0 Å². The number of fused-ring (bicyclic) bond motifs is 1. The molecule has 0 bridgehead atoms. The van der Waals surface area contributed by atoms with E-state index in [1.54, 1.807) is 0 Å². The van der Waals surface area contributed by atoms with Gasteiger partial charge in [0.1, 0.15) is 5.82 Å². The zero-order valence-corrected chi connectivity index (χ0v) is 16.7. The van der Waals surface area contributed by atoms with Crippen molar-refractivity contribution in [2.24, 2.45) is 0 Å². The summed E-state index contributed by atoms with van der Waals surface area (Å²) in [6, 6.07) is 16.7. The fraction of sp³-hybridized carbons (Fsp3) is 0.261. The van der Waals surface area contributed by atoms with Gasteiger partial charge in [-0.1, -0.05) is 38.1 Å². The minimum absolute atomic E-state index is 0.0145. The molecular formula is C23H25N5. The molecule has 0 aliphatic rings. The lowest BCUT2D eigenvalue weighted by Crippen LogP contribution is -2.17. The maximum Gasteiger partial charge on any atom is 0.157 e. The van der Waals surface area contributed by atoms with Crippen molar-refractivity contribution >= 4 is 11.5 Å². The molecule has 1 unspecified atom stereocenters. The van der Waals surface area contributed by atoms with Crippen molar-refractivity contribution in [2.45, 2.75) is 39.7 Å². The average Bonchev–Trinajstić information content (AvgIpc) is 3.07. The Balaban J connectivity index is 1.87. The molecule has 1 aromatic carbocycles. The van der Waals surface area contributed by atoms with E-state index in [9.17, 15) is 0 Å². The normalized spacial score (nSPS) is 12.5. The van der Waals surface area contributed by atoms with Gasteiger partial charge in [0, 0.05) is 30.2 Å². The van der Waals surface area contributed by atoms with Crippen LogP contribution in [0.2, 0.25) is 0 Å². The topological polar surface area (TPSA) is 55.1 Å². The standard InChI is InChI=1S/C23H25N5/c1-15(2)20-14-22(28-21(25-20)13-17(4)27-28)26-23(18-9-11-24-12-10-18)19-8-6-5-7-16(19)3/h5-15,23,26H,1-4H3. The molecule has 5 nitrogen and oxygen atoms in total. The number of anilines is 1. The summed E-state index contributed by atoms with van der Waals surface area (Å²) >= 11 is 0. The van der Waals surface area contributed by atoms with Crippen LogP contribution in [0.5, 0.6) is 0 Å². The number of pyridine rings is 1. The van der Waals surface area contributed by atoms with Gasteiger partial charge in [-0.2, -0.15) is 9.61 Å². The lowest BCUT2D eigenvalue weighted by atomic mass is 9.95. The van der Waals surface area contributed by atoms with Gasteiger partial charge >= 0.3 is 0 Å². The SMILES string of the molecule is Cc1cc2nc(C(C)C)cc(NC(c3ccncc3)c3ccccc3C)n2n1. The number of aromatic nitrogens is 4. The third-order valence-corrected chi connectivity index (χ3v) is 4.99. The Morgan fingerprint density at radius 2 is 1.71 bits per heavy atom. The van der Waals surface area contributed by atoms with Crippen molar-refractivity contribution < 1.29 is 0 Å². The van der Waals surface area contributed by atoms with E-state index < -0.39 is 0 Å². The molecule has 0 spiro atoms. The number of nitrogens with one attached hydrogen (secondary N) is 1. The Morgan fingerprint density at radius 1 is 0.964 bits per heavy atom. The van der Waals surface area contributed by atoms with Crippen molar-refractivity contribution in [1.82, 2.24) is 19.6 Å². The number of hydrogen-bond acceptors (Lipinski definition) is 4. The summed E-state index contributed by atoms with van der Waals surface area (Å²) < 4.78 is 1.90. The van der Waals surface area contributed by atoms with Gasteiger partial charge in [-0.25, -0.2) is 4.98 Å². The molecule has 0 saturated heterocycles. The van der Waals surface area contributed by atoms with Crippen LogP contribution in [-0.2, 0) is 0 Å². The highest BCUT2D eigenvalue weighted by Crippen LogP contribution is 2.30. The molecule has 3 aromatic heterocycles. The van der Waals surface area contributed by atoms with E-state index in [0.717, 1.165) is 28.4 Å². The van der Waals surface area contributed by atoms with E-state index in [0.29, 0.717) is 5.92 Å². The molecule has 0 amide bonds. The van der Waals surface area contributed by atoms with E-state index in [2.05, 4.69) is 78.6 Å². The van der Waals surface area contributed by atoms with E-state index >= 15 is 0 Å². The fourth-order valence-corrected chi connectivity index (χ4v) is 3.46. The maximum absolute atomic E-state index is 4.78. The fourth-order valence-electron chi connectivity index (χ4n) is 3.46. The lowest BCUT2D eigenvalue weighted by Gasteiger charge is -2.23. The Bertz CT molecular complexity index is 1100. The van der Waals surface area contributed by atoms with Crippen LogP contribution in [0.15, 0.2) is 60.9 Å². The molecule has 3 heterocycles. The molecule has 0 fully saturated rings. The number of aryl methyl sites for hydroxylation is 2. The first-order valence-corrected chi connectivity index (χ1v) is 9.62. The molecule has 5 heteroatoms. The highest BCUT2D eigenvalue weighted by Gasteiger charge is 2.19. The predicted molar refractivity (Wildman–Crippen MR) is 113 cm³/mol. The molecule has 0 aliphatic heterocycles. The largest absolute Gasteiger partial charge is 0.359 e.